The molecule has 0 N–H and O–H groups in total. The Kier molecular flexibility index (Phi) is 5.94. The number of rotatable bonds is 7. The summed E-state index contributed by atoms with van der Waals surface area (Å²) in [6.07, 6.45) is 7.51. The Labute approximate surface area is 98.3 Å². The lowest BCUT2D eigenvalue weighted by Gasteiger charge is -2.14. The Morgan fingerprint density at radius 2 is 2.25 bits per heavy atom. The summed E-state index contributed by atoms with van der Waals surface area (Å²) in [6, 6.07) is 4.01. The molecule has 0 saturated heterocycles. The van der Waals surface area contributed by atoms with Crippen LogP contribution in [0.5, 0.6) is 0 Å². The fourth-order valence-electron chi connectivity index (χ4n) is 1.59. The van der Waals surface area contributed by atoms with Crippen molar-refractivity contribution in [2.75, 3.05) is 6.61 Å². The molecule has 0 aliphatic carbocycles. The molecule has 1 rings (SSSR count). The molecule has 2 heteroatoms. The van der Waals surface area contributed by atoms with Gasteiger partial charge < -0.3 is 9.15 Å². The van der Waals surface area contributed by atoms with Crippen molar-refractivity contribution >= 4 is 0 Å². The van der Waals surface area contributed by atoms with Gasteiger partial charge in [-0.1, -0.05) is 31.9 Å². The predicted octanol–water partition coefficient (Wildman–Crippen LogP) is 4.41. The van der Waals surface area contributed by atoms with Crippen LogP contribution in [0.4, 0.5) is 0 Å². The van der Waals surface area contributed by atoms with Crippen LogP contribution in [0.3, 0.4) is 0 Å². The Morgan fingerprint density at radius 1 is 1.44 bits per heavy atom. The molecule has 2 nitrogen and oxygen atoms in total. The summed E-state index contributed by atoms with van der Waals surface area (Å²) in [5.41, 5.74) is 0. The average molecular weight is 222 g/mol. The van der Waals surface area contributed by atoms with E-state index in [0.29, 0.717) is 6.61 Å². The SMILES string of the molecule is C/C=C/COC(CCCC)c1ccc(C)o1. The standard InChI is InChI=1S/C14H22O2/c1-4-6-8-13(15-11-7-5-2)14-10-9-12(3)16-14/h5,7,9-10,13H,4,6,8,11H2,1-3H3/b7-5+. The van der Waals surface area contributed by atoms with Gasteiger partial charge in [-0.2, -0.15) is 0 Å². The lowest BCUT2D eigenvalue weighted by atomic mass is 10.1. The van der Waals surface area contributed by atoms with Crippen LogP contribution >= 0.6 is 0 Å². The van der Waals surface area contributed by atoms with Gasteiger partial charge in [-0.25, -0.2) is 0 Å². The van der Waals surface area contributed by atoms with Crippen LogP contribution in [0.15, 0.2) is 28.7 Å². The third kappa shape index (κ3) is 4.23. The van der Waals surface area contributed by atoms with Crippen molar-refractivity contribution in [3.8, 4) is 0 Å². The quantitative estimate of drug-likeness (QED) is 0.637. The van der Waals surface area contributed by atoms with Gasteiger partial charge in [0.1, 0.15) is 17.6 Å². The smallest absolute Gasteiger partial charge is 0.132 e. The Bertz CT molecular complexity index is 312. The van der Waals surface area contributed by atoms with E-state index in [1.165, 1.54) is 12.8 Å². The van der Waals surface area contributed by atoms with Crippen LogP contribution < -0.4 is 0 Å². The van der Waals surface area contributed by atoms with E-state index < -0.39 is 0 Å². The summed E-state index contributed by atoms with van der Waals surface area (Å²) in [6.45, 7) is 6.81. The Balaban J connectivity index is 2.55. The summed E-state index contributed by atoms with van der Waals surface area (Å²) in [5, 5.41) is 0. The summed E-state index contributed by atoms with van der Waals surface area (Å²) < 4.78 is 11.4. The highest BCUT2D eigenvalue weighted by atomic mass is 16.5. The summed E-state index contributed by atoms with van der Waals surface area (Å²) in [7, 11) is 0. The zero-order valence-electron chi connectivity index (χ0n) is 10.5. The van der Waals surface area contributed by atoms with E-state index in [1.54, 1.807) is 0 Å². The molecule has 1 aromatic rings. The van der Waals surface area contributed by atoms with Gasteiger partial charge in [-0.3, -0.25) is 0 Å². The fraction of sp³-hybridized carbons (Fsp3) is 0.571. The molecular formula is C14H22O2. The largest absolute Gasteiger partial charge is 0.464 e. The molecule has 1 aromatic heterocycles. The molecule has 0 aliphatic heterocycles. The van der Waals surface area contributed by atoms with E-state index in [4.69, 9.17) is 9.15 Å². The number of ether oxygens (including phenoxy) is 1. The minimum Gasteiger partial charge on any atom is -0.464 e. The highest BCUT2D eigenvalue weighted by Crippen LogP contribution is 2.25. The average Bonchev–Trinajstić information content (AvgIpc) is 2.70. The van der Waals surface area contributed by atoms with Crippen LogP contribution in [0.2, 0.25) is 0 Å². The monoisotopic (exact) mass is 222 g/mol. The third-order valence-corrected chi connectivity index (χ3v) is 2.53. The normalized spacial score (nSPS) is 13.4. The fourth-order valence-corrected chi connectivity index (χ4v) is 1.59. The lowest BCUT2D eigenvalue weighted by molar-refractivity contribution is 0.0486. The molecular weight excluding hydrogens is 200 g/mol. The van der Waals surface area contributed by atoms with E-state index in [9.17, 15) is 0 Å². The maximum Gasteiger partial charge on any atom is 0.132 e. The molecule has 1 atom stereocenters. The van der Waals surface area contributed by atoms with Crippen LogP contribution in [-0.4, -0.2) is 6.61 Å². The maximum atomic E-state index is 5.80. The second kappa shape index (κ2) is 7.29. The molecule has 0 spiro atoms. The van der Waals surface area contributed by atoms with Crippen LogP contribution in [-0.2, 0) is 4.74 Å². The number of unbranched alkanes of at least 4 members (excludes halogenated alkanes) is 1. The second-order valence-corrected chi connectivity index (χ2v) is 3.98. The second-order valence-electron chi connectivity index (χ2n) is 3.98. The topological polar surface area (TPSA) is 22.4 Å². The number of hydrogen-bond donors (Lipinski definition) is 0. The van der Waals surface area contributed by atoms with Crippen molar-refractivity contribution in [2.45, 2.75) is 46.1 Å². The number of allylic oxidation sites excluding steroid dienone is 1. The minimum absolute atomic E-state index is 0.102. The number of hydrogen-bond acceptors (Lipinski definition) is 2. The van der Waals surface area contributed by atoms with Crippen molar-refractivity contribution in [3.63, 3.8) is 0 Å². The lowest BCUT2D eigenvalue weighted by Crippen LogP contribution is -2.03. The van der Waals surface area contributed by atoms with Crippen molar-refractivity contribution in [3.05, 3.63) is 35.8 Å². The predicted molar refractivity (Wildman–Crippen MR) is 66.5 cm³/mol. The molecule has 0 aliphatic rings. The number of furan rings is 1. The van der Waals surface area contributed by atoms with Gasteiger partial charge in [-0.15, -0.1) is 0 Å². The maximum absolute atomic E-state index is 5.80. The molecule has 0 saturated carbocycles. The van der Waals surface area contributed by atoms with Crippen molar-refractivity contribution in [1.82, 2.24) is 0 Å². The van der Waals surface area contributed by atoms with Gasteiger partial charge in [0.05, 0.1) is 6.61 Å². The highest BCUT2D eigenvalue weighted by molar-refractivity contribution is 5.08. The van der Waals surface area contributed by atoms with Gasteiger partial charge in [0, 0.05) is 0 Å². The Morgan fingerprint density at radius 3 is 2.81 bits per heavy atom. The van der Waals surface area contributed by atoms with E-state index in [2.05, 4.69) is 6.92 Å². The van der Waals surface area contributed by atoms with Crippen molar-refractivity contribution in [2.24, 2.45) is 0 Å². The molecule has 90 valence electrons. The zero-order chi connectivity index (χ0) is 11.8. The highest BCUT2D eigenvalue weighted by Gasteiger charge is 2.14. The Hall–Kier alpha value is -1.02. The molecule has 0 bridgehead atoms. The van der Waals surface area contributed by atoms with E-state index in [-0.39, 0.29) is 6.10 Å². The molecule has 1 unspecified atom stereocenters. The van der Waals surface area contributed by atoms with Crippen LogP contribution in [0.25, 0.3) is 0 Å². The summed E-state index contributed by atoms with van der Waals surface area (Å²) >= 11 is 0. The molecule has 16 heavy (non-hydrogen) atoms. The first-order valence-corrected chi connectivity index (χ1v) is 6.07. The van der Waals surface area contributed by atoms with Gasteiger partial charge in [0.25, 0.3) is 0 Å². The van der Waals surface area contributed by atoms with Gasteiger partial charge >= 0.3 is 0 Å². The first-order chi connectivity index (χ1) is 7.77. The first-order valence-electron chi connectivity index (χ1n) is 6.07. The van der Waals surface area contributed by atoms with Gasteiger partial charge in [-0.05, 0) is 32.4 Å². The summed E-state index contributed by atoms with van der Waals surface area (Å²) in [5.74, 6) is 1.90. The first kappa shape index (κ1) is 13.0. The zero-order valence-corrected chi connectivity index (χ0v) is 10.5. The molecule has 1 heterocycles. The third-order valence-electron chi connectivity index (χ3n) is 2.53. The molecule has 0 amide bonds. The summed E-state index contributed by atoms with van der Waals surface area (Å²) in [4.78, 5) is 0. The van der Waals surface area contributed by atoms with Gasteiger partial charge in [0.15, 0.2) is 0 Å². The van der Waals surface area contributed by atoms with E-state index in [1.807, 2.05) is 38.1 Å². The van der Waals surface area contributed by atoms with Crippen molar-refractivity contribution in [1.29, 1.82) is 0 Å². The van der Waals surface area contributed by atoms with Gasteiger partial charge in [0.2, 0.25) is 0 Å². The van der Waals surface area contributed by atoms with E-state index >= 15 is 0 Å². The van der Waals surface area contributed by atoms with Crippen LogP contribution in [0.1, 0.15) is 50.7 Å². The van der Waals surface area contributed by atoms with Crippen LogP contribution in [0, 0.1) is 6.92 Å². The molecule has 0 radical (unpaired) electrons. The minimum atomic E-state index is 0.102. The van der Waals surface area contributed by atoms with E-state index in [0.717, 1.165) is 17.9 Å². The number of aryl methyl sites for hydroxylation is 1. The van der Waals surface area contributed by atoms with Crippen molar-refractivity contribution < 1.29 is 9.15 Å². The molecule has 0 fully saturated rings. The molecule has 0 aromatic carbocycles.